The fourth-order valence-corrected chi connectivity index (χ4v) is 22.0. The Balaban J connectivity index is 1.54. The first-order chi connectivity index (χ1) is 52.8. The van der Waals surface area contributed by atoms with Crippen LogP contribution in [0.4, 0.5) is 53.5 Å². The third kappa shape index (κ3) is 27.1. The van der Waals surface area contributed by atoms with Crippen LogP contribution in [0.3, 0.4) is 0 Å². The average Bonchev–Trinajstić information content (AvgIpc) is 0.754. The SMILES string of the molecule is CCCCN(CCCC)c1nc(N(CCCC)CCCC)nc(N(CN(c2nc(N(CC)C3CC(C)(C)NC(C)(C)C3)nc(N(CN(c3nc(N(CCCC)CCCC)nc(N(CCCC)CCCC)n3)C3CC(C)(C)NC(C)(C)C3)C3CC(C)(C)CC(C)(C)C3)n2)C2CC(C)(C)CC(C)(C)C2)C2CC(C)(C)NC(C)(C)C2)n1. The minimum Gasteiger partial charge on any atom is -0.341 e. The van der Waals surface area contributed by atoms with E-state index in [2.05, 4.69) is 261 Å². The van der Waals surface area contributed by atoms with Crippen LogP contribution in [0.5, 0.6) is 0 Å². The van der Waals surface area contributed by atoms with Crippen LogP contribution in [-0.2, 0) is 0 Å². The Morgan fingerprint density at radius 2 is 0.389 bits per heavy atom. The Morgan fingerprint density at radius 3 is 0.575 bits per heavy atom. The molecule has 2 saturated carbocycles. The molecule has 21 heteroatoms. The first kappa shape index (κ1) is 93.6. The molecule has 0 amide bonds. The predicted molar refractivity (Wildman–Crippen MR) is 484 cm³/mol. The molecule has 3 saturated heterocycles. The smallest absolute Gasteiger partial charge is 0.233 e. The van der Waals surface area contributed by atoms with Crippen molar-refractivity contribution < 1.29 is 0 Å². The van der Waals surface area contributed by atoms with E-state index in [-0.39, 0.29) is 85.1 Å². The van der Waals surface area contributed by atoms with Gasteiger partial charge < -0.3 is 60.0 Å². The summed E-state index contributed by atoms with van der Waals surface area (Å²) in [5.74, 6) is 6.90. The monoisotopic (exact) mass is 1570 g/mol. The number of rotatable bonds is 43. The average molecular weight is 1570 g/mol. The van der Waals surface area contributed by atoms with Crippen molar-refractivity contribution in [3.63, 3.8) is 0 Å². The van der Waals surface area contributed by atoms with E-state index >= 15 is 0 Å². The van der Waals surface area contributed by atoms with Crippen LogP contribution in [0, 0.1) is 21.7 Å². The minimum atomic E-state index is -0.212. The Kier molecular flexibility index (Phi) is 32.6. The summed E-state index contributed by atoms with van der Waals surface area (Å²) in [6, 6.07) is 0.222. The molecule has 646 valence electrons. The van der Waals surface area contributed by atoms with E-state index in [0.29, 0.717) is 13.3 Å². The molecule has 0 atom stereocenters. The van der Waals surface area contributed by atoms with Gasteiger partial charge in [0.2, 0.25) is 53.5 Å². The van der Waals surface area contributed by atoms with Crippen LogP contribution < -0.4 is 60.0 Å². The van der Waals surface area contributed by atoms with Gasteiger partial charge >= 0.3 is 0 Å². The van der Waals surface area contributed by atoms with Gasteiger partial charge in [0, 0.05) is 122 Å². The molecule has 0 aromatic carbocycles. The molecule has 3 N–H and O–H groups in total. The maximum atomic E-state index is 6.42. The Labute approximate surface area is 692 Å². The summed E-state index contributed by atoms with van der Waals surface area (Å²) in [5, 5.41) is 12.4. The quantitative estimate of drug-likeness (QED) is 0.0455. The summed E-state index contributed by atoms with van der Waals surface area (Å²) in [6.45, 7) is 78.7. The van der Waals surface area contributed by atoms with Gasteiger partial charge in [0.05, 0.1) is 13.3 Å². The van der Waals surface area contributed by atoms with E-state index in [1.807, 2.05) is 0 Å². The van der Waals surface area contributed by atoms with Crippen molar-refractivity contribution in [2.75, 3.05) is 116 Å². The lowest BCUT2D eigenvalue weighted by Gasteiger charge is -2.53. The molecule has 5 aliphatic rings. The number of aromatic nitrogens is 9. The first-order valence-corrected chi connectivity index (χ1v) is 46.3. The maximum Gasteiger partial charge on any atom is 0.233 e. The second-order valence-corrected chi connectivity index (χ2v) is 43.4. The van der Waals surface area contributed by atoms with E-state index in [4.69, 9.17) is 44.9 Å². The van der Waals surface area contributed by atoms with Crippen LogP contribution >= 0.6 is 0 Å². The molecule has 0 radical (unpaired) electrons. The summed E-state index contributed by atoms with van der Waals surface area (Å²) in [7, 11) is 0. The van der Waals surface area contributed by atoms with Crippen molar-refractivity contribution in [2.45, 2.75) is 444 Å². The van der Waals surface area contributed by atoms with Gasteiger partial charge in [0.15, 0.2) is 0 Å². The van der Waals surface area contributed by atoms with Crippen LogP contribution in [0.15, 0.2) is 0 Å². The van der Waals surface area contributed by atoms with Crippen molar-refractivity contribution >= 4 is 53.5 Å². The van der Waals surface area contributed by atoms with Gasteiger partial charge in [-0.05, 0) is 240 Å². The number of hydrogen-bond acceptors (Lipinski definition) is 21. The van der Waals surface area contributed by atoms with Gasteiger partial charge in [0.25, 0.3) is 0 Å². The van der Waals surface area contributed by atoms with Gasteiger partial charge in [-0.2, -0.15) is 44.9 Å². The molecule has 5 fully saturated rings. The minimum absolute atomic E-state index is 0.00393. The largest absolute Gasteiger partial charge is 0.341 e. The number of hydrogen-bond donors (Lipinski definition) is 3. The van der Waals surface area contributed by atoms with Gasteiger partial charge in [0.1, 0.15) is 0 Å². The molecule has 0 bridgehead atoms. The highest BCUT2D eigenvalue weighted by Gasteiger charge is 2.50. The van der Waals surface area contributed by atoms with Crippen molar-refractivity contribution in [3.8, 4) is 0 Å². The molecule has 8 rings (SSSR count). The molecule has 2 aliphatic carbocycles. The highest BCUT2D eigenvalue weighted by atomic mass is 15.5. The Hall–Kier alpha value is -4.89. The molecule has 0 spiro atoms. The molecular weight excluding hydrogens is 1400 g/mol. The zero-order chi connectivity index (χ0) is 83.3. The Morgan fingerprint density at radius 1 is 0.230 bits per heavy atom. The zero-order valence-corrected chi connectivity index (χ0v) is 78.5. The van der Waals surface area contributed by atoms with Crippen LogP contribution in [0.2, 0.25) is 0 Å². The van der Waals surface area contributed by atoms with Crippen molar-refractivity contribution in [2.24, 2.45) is 21.7 Å². The number of unbranched alkanes of at least 4 members (excludes halogenated alkanes) is 8. The molecule has 3 aliphatic heterocycles. The number of anilines is 9. The third-order valence-electron chi connectivity index (χ3n) is 25.2. The van der Waals surface area contributed by atoms with Crippen LogP contribution in [0.1, 0.15) is 381 Å². The highest BCUT2D eigenvalue weighted by Crippen LogP contribution is 2.51. The molecule has 3 aromatic rings. The lowest BCUT2D eigenvalue weighted by molar-refractivity contribution is 0.0935. The standard InChI is InChI=1S/C92H173N21/c1-30-39-47-105(48-40-31-2)74-93-75(106(49-41-32-3)50-42-33-4)96-79(95-74)112(72-61-89(22,23)103-90(24,25)62-72)67-110(69-55-83(10,11)65-84(12,13)56-69)81-99-78(109(38-9)71-59-87(18,19)102-88(20,21)60-71)100-82(101-81)111(70-57-85(14,15)66-86(16,17)58-70)68-113(73-63-91(26,27)104-92(28,29)64-73)80-97-76(107(51-43-34-5)52-44-35-6)94-77(98-80)108(53-45-36-7)54-46-37-8/h69-73,102-104H,30-68H2,1-29H3. The van der Waals surface area contributed by atoms with E-state index in [1.165, 1.54) is 0 Å². The number of piperidine rings is 3. The molecular formula is C92H173N21. The lowest BCUT2D eigenvalue weighted by Crippen LogP contribution is -2.64. The summed E-state index contributed by atoms with van der Waals surface area (Å²) in [5.41, 5.74) is -1.16. The lowest BCUT2D eigenvalue weighted by atomic mass is 9.63. The summed E-state index contributed by atoms with van der Waals surface area (Å²) in [6.07, 6.45) is 28.7. The first-order valence-electron chi connectivity index (χ1n) is 46.3. The molecule has 0 unspecified atom stereocenters. The van der Waals surface area contributed by atoms with E-state index in [9.17, 15) is 0 Å². The number of nitrogens with one attached hydrogen (secondary N) is 3. The molecule has 6 heterocycles. The summed E-state index contributed by atoms with van der Waals surface area (Å²) in [4.78, 5) is 77.4. The molecule has 3 aromatic heterocycles. The second-order valence-electron chi connectivity index (χ2n) is 43.4. The third-order valence-corrected chi connectivity index (χ3v) is 25.2. The summed E-state index contributed by atoms with van der Waals surface area (Å²) >= 11 is 0. The number of nitrogens with zero attached hydrogens (tertiary/aromatic N) is 18. The van der Waals surface area contributed by atoms with Crippen molar-refractivity contribution in [1.82, 2.24) is 60.8 Å². The topological polar surface area (TPSA) is 181 Å². The van der Waals surface area contributed by atoms with E-state index in [0.717, 1.165) is 292 Å². The second kappa shape index (κ2) is 39.3. The fraction of sp³-hybridized carbons (Fsp3) is 0.902. The van der Waals surface area contributed by atoms with Crippen LogP contribution in [-0.4, -0.2) is 181 Å². The van der Waals surface area contributed by atoms with Gasteiger partial charge in [-0.15, -0.1) is 0 Å². The fourth-order valence-electron chi connectivity index (χ4n) is 22.0. The normalized spacial score (nSPS) is 21.2. The molecule has 21 nitrogen and oxygen atoms in total. The predicted octanol–water partition coefficient (Wildman–Crippen LogP) is 20.4. The van der Waals surface area contributed by atoms with Crippen molar-refractivity contribution in [3.05, 3.63) is 0 Å². The van der Waals surface area contributed by atoms with E-state index in [1.54, 1.807) is 0 Å². The molecule has 113 heavy (non-hydrogen) atoms. The maximum absolute atomic E-state index is 6.42. The van der Waals surface area contributed by atoms with E-state index < -0.39 is 0 Å². The van der Waals surface area contributed by atoms with Crippen molar-refractivity contribution in [1.29, 1.82) is 0 Å². The zero-order valence-electron chi connectivity index (χ0n) is 78.5. The van der Waals surface area contributed by atoms with Gasteiger partial charge in [-0.25, -0.2) is 0 Å². The van der Waals surface area contributed by atoms with Gasteiger partial charge in [-0.3, -0.25) is 0 Å². The Bertz CT molecular complexity index is 3000. The highest BCUT2D eigenvalue weighted by molar-refractivity contribution is 5.55. The van der Waals surface area contributed by atoms with Gasteiger partial charge in [-0.1, -0.05) is 162 Å². The summed E-state index contributed by atoms with van der Waals surface area (Å²) < 4.78 is 0. The van der Waals surface area contributed by atoms with Crippen LogP contribution in [0.25, 0.3) is 0 Å².